The van der Waals surface area contributed by atoms with Crippen LogP contribution in [0, 0.1) is 13.8 Å². The Morgan fingerprint density at radius 1 is 1.35 bits per heavy atom. The van der Waals surface area contributed by atoms with Gasteiger partial charge in [0, 0.05) is 19.6 Å². The number of carbonyl (C=O) groups excluding carboxylic acids is 1. The van der Waals surface area contributed by atoms with E-state index in [0.29, 0.717) is 18.5 Å². The molecule has 26 heavy (non-hydrogen) atoms. The third kappa shape index (κ3) is 3.76. The summed E-state index contributed by atoms with van der Waals surface area (Å²) in [4.78, 5) is 15.0. The highest BCUT2D eigenvalue weighted by Gasteiger charge is 2.48. The number of nitrogens with one attached hydrogen (secondary N) is 2. The third-order valence-corrected chi connectivity index (χ3v) is 7.11. The highest BCUT2D eigenvalue weighted by molar-refractivity contribution is 7.89. The van der Waals surface area contributed by atoms with Crippen molar-refractivity contribution in [2.45, 2.75) is 62.4 Å². The summed E-state index contributed by atoms with van der Waals surface area (Å²) in [5.74, 6) is 0.0907. The van der Waals surface area contributed by atoms with Crippen molar-refractivity contribution >= 4 is 28.3 Å². The Kier molecular flexibility index (Phi) is 6.37. The average molecular weight is 407 g/mol. The SMILES string of the molecule is Cc1noc(C)c1S(=O)(=O)NC1(C(=O)N(C)C2CCNC2)CCCC1.Cl. The normalized spacial score (nSPS) is 22.2. The zero-order valence-corrected chi connectivity index (χ0v) is 17.0. The standard InChI is InChI=1S/C16H26N4O4S.ClH/c1-11-14(12(2)24-18-11)25(22,23)19-16(7-4-5-8-16)15(21)20(3)13-6-9-17-10-13;/h13,17,19H,4-10H2,1-3H3;1H. The Morgan fingerprint density at radius 2 is 2.00 bits per heavy atom. The first-order valence-electron chi connectivity index (χ1n) is 8.72. The lowest BCUT2D eigenvalue weighted by molar-refractivity contribution is -0.138. The maximum absolute atomic E-state index is 13.2. The molecular formula is C16H27ClN4O4S. The minimum absolute atomic E-state index is 0. The lowest BCUT2D eigenvalue weighted by Gasteiger charge is -2.35. The summed E-state index contributed by atoms with van der Waals surface area (Å²) in [6.45, 7) is 4.77. The molecule has 1 aromatic heterocycles. The maximum Gasteiger partial charge on any atom is 0.246 e. The van der Waals surface area contributed by atoms with E-state index in [-0.39, 0.29) is 35.0 Å². The van der Waals surface area contributed by atoms with Gasteiger partial charge in [-0.15, -0.1) is 12.4 Å². The van der Waals surface area contributed by atoms with Crippen molar-refractivity contribution in [2.24, 2.45) is 0 Å². The van der Waals surface area contributed by atoms with Crippen LogP contribution in [-0.4, -0.2) is 56.1 Å². The Morgan fingerprint density at radius 3 is 2.50 bits per heavy atom. The summed E-state index contributed by atoms with van der Waals surface area (Å²) in [6, 6.07) is 0.105. The summed E-state index contributed by atoms with van der Waals surface area (Å²) in [5.41, 5.74) is -0.772. The molecule has 1 aliphatic heterocycles. The molecular weight excluding hydrogens is 380 g/mol. The van der Waals surface area contributed by atoms with Crippen molar-refractivity contribution in [3.63, 3.8) is 0 Å². The van der Waals surface area contributed by atoms with Gasteiger partial charge in [0.25, 0.3) is 0 Å². The van der Waals surface area contributed by atoms with Gasteiger partial charge in [0.05, 0.1) is 0 Å². The number of amides is 1. The Labute approximate surface area is 160 Å². The Hall–Kier alpha value is -1.16. The molecule has 2 heterocycles. The molecule has 10 heteroatoms. The van der Waals surface area contributed by atoms with Crippen molar-refractivity contribution in [3.05, 3.63) is 11.5 Å². The van der Waals surface area contributed by atoms with Crippen LogP contribution in [0.1, 0.15) is 43.6 Å². The van der Waals surface area contributed by atoms with Crippen molar-refractivity contribution in [1.29, 1.82) is 0 Å². The van der Waals surface area contributed by atoms with E-state index in [1.807, 2.05) is 0 Å². The molecule has 1 aromatic rings. The summed E-state index contributed by atoms with van der Waals surface area (Å²) in [6.07, 6.45) is 3.56. The van der Waals surface area contributed by atoms with Gasteiger partial charge in [0.15, 0.2) is 5.76 Å². The van der Waals surface area contributed by atoms with Crippen LogP contribution in [0.4, 0.5) is 0 Å². The second-order valence-electron chi connectivity index (χ2n) is 7.11. The van der Waals surface area contributed by atoms with Gasteiger partial charge in [-0.05, 0) is 39.7 Å². The second kappa shape index (κ2) is 7.84. The number of carbonyl (C=O) groups is 1. The Bertz CT molecular complexity index is 733. The molecule has 0 aromatic carbocycles. The first-order chi connectivity index (χ1) is 11.8. The fourth-order valence-electron chi connectivity index (χ4n) is 3.98. The molecule has 2 aliphatic rings. The average Bonchev–Trinajstić information content (AvgIpc) is 3.27. The highest BCUT2D eigenvalue weighted by atomic mass is 35.5. The number of sulfonamides is 1. The molecule has 1 saturated carbocycles. The summed E-state index contributed by atoms with van der Waals surface area (Å²) in [5, 5.41) is 6.97. The second-order valence-corrected chi connectivity index (χ2v) is 8.73. The van der Waals surface area contributed by atoms with E-state index in [0.717, 1.165) is 32.4 Å². The molecule has 3 rings (SSSR count). The minimum atomic E-state index is -3.89. The zero-order chi connectivity index (χ0) is 18.2. The van der Waals surface area contributed by atoms with Crippen LogP contribution < -0.4 is 10.0 Å². The van der Waals surface area contributed by atoms with Gasteiger partial charge in [-0.3, -0.25) is 4.79 Å². The summed E-state index contributed by atoms with van der Waals surface area (Å²) in [7, 11) is -2.12. The molecule has 0 radical (unpaired) electrons. The van der Waals surface area contributed by atoms with Crippen molar-refractivity contribution < 1.29 is 17.7 Å². The molecule has 1 aliphatic carbocycles. The Balaban J connectivity index is 0.00000243. The van der Waals surface area contributed by atoms with Crippen molar-refractivity contribution in [1.82, 2.24) is 20.1 Å². The molecule has 2 N–H and O–H groups in total. The molecule has 1 unspecified atom stereocenters. The fourth-order valence-corrected chi connectivity index (χ4v) is 5.73. The quantitative estimate of drug-likeness (QED) is 0.759. The molecule has 2 fully saturated rings. The van der Waals surface area contributed by atoms with Crippen LogP contribution in [0.3, 0.4) is 0 Å². The van der Waals surface area contributed by atoms with Crippen LogP contribution in [0.2, 0.25) is 0 Å². The minimum Gasteiger partial charge on any atom is -0.360 e. The molecule has 0 spiro atoms. The monoisotopic (exact) mass is 406 g/mol. The largest absolute Gasteiger partial charge is 0.360 e. The zero-order valence-electron chi connectivity index (χ0n) is 15.4. The number of nitrogens with zero attached hydrogens (tertiary/aromatic N) is 2. The smallest absolute Gasteiger partial charge is 0.246 e. The predicted molar refractivity (Wildman–Crippen MR) is 98.8 cm³/mol. The third-order valence-electron chi connectivity index (χ3n) is 5.34. The molecule has 148 valence electrons. The molecule has 0 bridgehead atoms. The number of likely N-dealkylation sites (N-methyl/N-ethyl adjacent to an activating group) is 1. The van der Waals surface area contributed by atoms with Crippen molar-refractivity contribution in [2.75, 3.05) is 20.1 Å². The van der Waals surface area contributed by atoms with Crippen LogP contribution in [0.25, 0.3) is 0 Å². The van der Waals surface area contributed by atoms with Crippen molar-refractivity contribution in [3.8, 4) is 0 Å². The lowest BCUT2D eigenvalue weighted by atomic mass is 9.96. The van der Waals surface area contributed by atoms with E-state index in [9.17, 15) is 13.2 Å². The molecule has 1 atom stereocenters. The number of aromatic nitrogens is 1. The molecule has 1 saturated heterocycles. The van der Waals surface area contributed by atoms with Crippen LogP contribution in [0.5, 0.6) is 0 Å². The first-order valence-corrected chi connectivity index (χ1v) is 10.2. The van der Waals surface area contributed by atoms with Gasteiger partial charge >= 0.3 is 0 Å². The lowest BCUT2D eigenvalue weighted by Crippen LogP contribution is -2.59. The van der Waals surface area contributed by atoms with Crippen LogP contribution in [0.15, 0.2) is 9.42 Å². The summed E-state index contributed by atoms with van der Waals surface area (Å²) >= 11 is 0. The van der Waals surface area contributed by atoms with Gasteiger partial charge in [0.2, 0.25) is 15.9 Å². The molecule has 8 nitrogen and oxygen atoms in total. The van der Waals surface area contributed by atoms with E-state index >= 15 is 0 Å². The van der Waals surface area contributed by atoms with E-state index in [4.69, 9.17) is 4.52 Å². The fraction of sp³-hybridized carbons (Fsp3) is 0.750. The topological polar surface area (TPSA) is 105 Å². The number of hydrogen-bond acceptors (Lipinski definition) is 6. The van der Waals surface area contributed by atoms with Crippen LogP contribution in [-0.2, 0) is 14.8 Å². The van der Waals surface area contributed by atoms with Gasteiger partial charge in [-0.2, -0.15) is 4.72 Å². The predicted octanol–water partition coefficient (Wildman–Crippen LogP) is 1.12. The number of aryl methyl sites for hydroxylation is 2. The summed E-state index contributed by atoms with van der Waals surface area (Å²) < 4.78 is 33.6. The number of halogens is 1. The van der Waals surface area contributed by atoms with E-state index < -0.39 is 15.6 Å². The maximum atomic E-state index is 13.2. The van der Waals surface area contributed by atoms with Gasteiger partial charge in [0.1, 0.15) is 16.1 Å². The van der Waals surface area contributed by atoms with Crippen LogP contribution >= 0.6 is 12.4 Å². The van der Waals surface area contributed by atoms with E-state index in [2.05, 4.69) is 15.2 Å². The highest BCUT2D eigenvalue weighted by Crippen LogP contribution is 2.34. The van der Waals surface area contributed by atoms with Gasteiger partial charge in [-0.1, -0.05) is 18.0 Å². The first kappa shape index (κ1) is 21.1. The number of hydrogen-bond donors (Lipinski definition) is 2. The molecule has 1 amide bonds. The number of rotatable bonds is 5. The van der Waals surface area contributed by atoms with E-state index in [1.165, 1.54) is 0 Å². The van der Waals surface area contributed by atoms with E-state index in [1.54, 1.807) is 25.8 Å². The van der Waals surface area contributed by atoms with Gasteiger partial charge in [-0.25, -0.2) is 8.42 Å². The van der Waals surface area contributed by atoms with Gasteiger partial charge < -0.3 is 14.7 Å².